The lowest BCUT2D eigenvalue weighted by Gasteiger charge is -2.15. The van der Waals surface area contributed by atoms with E-state index in [9.17, 15) is 14.7 Å². The van der Waals surface area contributed by atoms with E-state index in [2.05, 4.69) is 62.5 Å². The SMILES string of the molecule is CCCCCCC/C=C\C/C=C\C/C=C\CCCCCCCCCCC(=O)OC(CO)COC(=O)CCCCCCCCCCCCCCCCCCCCCCCCCCCCC/C=C\CCCCCCCCCC. The van der Waals surface area contributed by atoms with Crippen LogP contribution < -0.4 is 0 Å². The number of unbranched alkanes of at least 4 members (excludes halogenated alkanes) is 48. The number of hydrogen-bond acceptors (Lipinski definition) is 5. The van der Waals surface area contributed by atoms with Crippen molar-refractivity contribution in [3.63, 3.8) is 0 Å². The maximum absolute atomic E-state index is 12.3. The molecule has 0 spiro atoms. The fraction of sp³-hybridized carbons (Fsp3) is 0.859. The molecule has 0 aliphatic rings. The highest BCUT2D eigenvalue weighted by molar-refractivity contribution is 5.70. The van der Waals surface area contributed by atoms with Crippen LogP contribution in [0, 0.1) is 0 Å². The van der Waals surface area contributed by atoms with Crippen molar-refractivity contribution in [2.24, 2.45) is 0 Å². The number of carbonyl (C=O) groups is 2. The number of ether oxygens (including phenoxy) is 2. The molecule has 0 aliphatic heterocycles. The van der Waals surface area contributed by atoms with Crippen molar-refractivity contribution in [2.75, 3.05) is 13.2 Å². The molecular formula is C71H132O5. The molecule has 1 N–H and O–H groups in total. The lowest BCUT2D eigenvalue weighted by molar-refractivity contribution is -0.161. The molecule has 446 valence electrons. The normalized spacial score (nSPS) is 12.4. The molecule has 1 atom stereocenters. The molecule has 0 radical (unpaired) electrons. The molecule has 0 saturated carbocycles. The zero-order valence-corrected chi connectivity index (χ0v) is 51.3. The Bertz CT molecular complexity index is 1250. The van der Waals surface area contributed by atoms with Crippen molar-refractivity contribution in [1.82, 2.24) is 0 Å². The number of aliphatic hydroxyl groups is 1. The summed E-state index contributed by atoms with van der Waals surface area (Å²) in [5.41, 5.74) is 0. The first-order valence-corrected chi connectivity index (χ1v) is 34.2. The molecule has 5 heteroatoms. The number of allylic oxidation sites excluding steroid dienone is 8. The molecule has 0 fully saturated rings. The van der Waals surface area contributed by atoms with E-state index in [0.29, 0.717) is 12.8 Å². The second-order valence-electron chi connectivity index (χ2n) is 23.3. The highest BCUT2D eigenvalue weighted by Gasteiger charge is 2.16. The topological polar surface area (TPSA) is 72.8 Å². The maximum atomic E-state index is 12.3. The summed E-state index contributed by atoms with van der Waals surface area (Å²) in [7, 11) is 0. The Kier molecular flexibility index (Phi) is 65.2. The highest BCUT2D eigenvalue weighted by Crippen LogP contribution is 2.18. The van der Waals surface area contributed by atoms with Gasteiger partial charge in [0.1, 0.15) is 6.61 Å². The van der Waals surface area contributed by atoms with Crippen molar-refractivity contribution in [3.05, 3.63) is 48.6 Å². The van der Waals surface area contributed by atoms with Gasteiger partial charge in [0.2, 0.25) is 0 Å². The largest absolute Gasteiger partial charge is 0.462 e. The molecule has 5 nitrogen and oxygen atoms in total. The van der Waals surface area contributed by atoms with Gasteiger partial charge in [-0.1, -0.05) is 332 Å². The lowest BCUT2D eigenvalue weighted by atomic mass is 10.0. The van der Waals surface area contributed by atoms with E-state index in [1.807, 2.05) is 0 Å². The minimum Gasteiger partial charge on any atom is -0.462 e. The van der Waals surface area contributed by atoms with E-state index in [-0.39, 0.29) is 25.2 Å². The fourth-order valence-electron chi connectivity index (χ4n) is 10.4. The highest BCUT2D eigenvalue weighted by atomic mass is 16.6. The summed E-state index contributed by atoms with van der Waals surface area (Å²) in [5.74, 6) is -0.582. The number of aliphatic hydroxyl groups excluding tert-OH is 1. The van der Waals surface area contributed by atoms with Crippen molar-refractivity contribution in [3.8, 4) is 0 Å². The Balaban J connectivity index is 3.39. The van der Waals surface area contributed by atoms with Crippen LogP contribution in [0.25, 0.3) is 0 Å². The molecular weight excluding hydrogens is 933 g/mol. The average molecular weight is 1070 g/mol. The van der Waals surface area contributed by atoms with Gasteiger partial charge >= 0.3 is 11.9 Å². The minimum absolute atomic E-state index is 0.0655. The van der Waals surface area contributed by atoms with Crippen LogP contribution in [0.2, 0.25) is 0 Å². The smallest absolute Gasteiger partial charge is 0.306 e. The van der Waals surface area contributed by atoms with E-state index < -0.39 is 6.10 Å². The molecule has 1 unspecified atom stereocenters. The Hall–Kier alpha value is -2.14. The minimum atomic E-state index is -0.776. The number of rotatable bonds is 64. The van der Waals surface area contributed by atoms with Crippen molar-refractivity contribution < 1.29 is 24.2 Å². The molecule has 0 bridgehead atoms. The standard InChI is InChI=1S/C71H132O5/c1-3-5-7-9-11-13-15-17-19-21-23-25-27-28-29-30-31-32-33-34-35-36-37-38-39-40-41-42-44-45-47-49-51-53-55-57-59-61-63-65-70(73)75-68-69(67-72)76-71(74)66-64-62-60-58-56-54-52-50-48-46-43-26-24-22-20-18-16-14-12-10-8-6-4-2/h16,18,21-24,43,46,69,72H,3-15,17,19-20,25-42,44-45,47-68H2,1-2H3/b18-16-,23-21-,24-22-,46-43-. The Morgan fingerprint density at radius 1 is 0.303 bits per heavy atom. The summed E-state index contributed by atoms with van der Waals surface area (Å²) in [4.78, 5) is 24.6. The predicted molar refractivity (Wildman–Crippen MR) is 334 cm³/mol. The Morgan fingerprint density at radius 3 is 0.803 bits per heavy atom. The second-order valence-corrected chi connectivity index (χ2v) is 23.3. The van der Waals surface area contributed by atoms with E-state index in [1.165, 1.54) is 295 Å². The zero-order valence-electron chi connectivity index (χ0n) is 51.3. The molecule has 0 saturated heterocycles. The molecule has 0 amide bonds. The molecule has 0 rings (SSSR count). The first-order valence-electron chi connectivity index (χ1n) is 34.2. The lowest BCUT2D eigenvalue weighted by Crippen LogP contribution is -2.28. The summed E-state index contributed by atoms with van der Waals surface area (Å²) in [6, 6.07) is 0. The summed E-state index contributed by atoms with van der Waals surface area (Å²) in [6.45, 7) is 4.17. The first kappa shape index (κ1) is 73.9. The van der Waals surface area contributed by atoms with Crippen LogP contribution in [0.4, 0.5) is 0 Å². The van der Waals surface area contributed by atoms with Crippen molar-refractivity contribution in [2.45, 2.75) is 380 Å². The third-order valence-electron chi connectivity index (χ3n) is 15.6. The van der Waals surface area contributed by atoms with E-state index in [0.717, 1.165) is 51.4 Å². The van der Waals surface area contributed by atoms with Crippen molar-refractivity contribution >= 4 is 11.9 Å². The van der Waals surface area contributed by atoms with Gasteiger partial charge in [0.05, 0.1) is 6.61 Å². The molecule has 0 aliphatic carbocycles. The molecule has 0 aromatic heterocycles. The fourth-order valence-corrected chi connectivity index (χ4v) is 10.4. The summed E-state index contributed by atoms with van der Waals surface area (Å²) >= 11 is 0. The summed E-state index contributed by atoms with van der Waals surface area (Å²) < 4.78 is 10.7. The third-order valence-corrected chi connectivity index (χ3v) is 15.6. The zero-order chi connectivity index (χ0) is 54.8. The Labute approximate surface area is 475 Å². The quantitative estimate of drug-likeness (QED) is 0.0373. The van der Waals surface area contributed by atoms with E-state index >= 15 is 0 Å². The average Bonchev–Trinajstić information content (AvgIpc) is 3.42. The van der Waals surface area contributed by atoms with Gasteiger partial charge in [-0.05, 0) is 77.0 Å². The van der Waals surface area contributed by atoms with Gasteiger partial charge in [-0.15, -0.1) is 0 Å². The van der Waals surface area contributed by atoms with Crippen LogP contribution in [-0.4, -0.2) is 36.4 Å². The van der Waals surface area contributed by atoms with Gasteiger partial charge in [-0.2, -0.15) is 0 Å². The van der Waals surface area contributed by atoms with Crippen LogP contribution in [0.1, 0.15) is 373 Å². The van der Waals surface area contributed by atoms with Crippen LogP contribution in [0.3, 0.4) is 0 Å². The van der Waals surface area contributed by atoms with Gasteiger partial charge in [-0.3, -0.25) is 9.59 Å². The predicted octanol–water partition coefficient (Wildman–Crippen LogP) is 23.5. The number of esters is 2. The van der Waals surface area contributed by atoms with E-state index in [4.69, 9.17) is 9.47 Å². The summed E-state index contributed by atoms with van der Waals surface area (Å²) in [5, 5.41) is 9.68. The number of carbonyl (C=O) groups excluding carboxylic acids is 2. The summed E-state index contributed by atoms with van der Waals surface area (Å²) in [6.07, 6.45) is 90.1. The van der Waals surface area contributed by atoms with E-state index in [1.54, 1.807) is 0 Å². The van der Waals surface area contributed by atoms with Crippen LogP contribution in [0.5, 0.6) is 0 Å². The van der Waals surface area contributed by atoms with Crippen molar-refractivity contribution in [1.29, 1.82) is 0 Å². The van der Waals surface area contributed by atoms with Gasteiger partial charge in [0, 0.05) is 12.8 Å². The molecule has 0 heterocycles. The number of hydrogen-bond donors (Lipinski definition) is 1. The maximum Gasteiger partial charge on any atom is 0.306 e. The Morgan fingerprint density at radius 2 is 0.526 bits per heavy atom. The first-order chi connectivity index (χ1) is 37.6. The van der Waals surface area contributed by atoms with Crippen LogP contribution in [-0.2, 0) is 19.1 Å². The molecule has 0 aromatic carbocycles. The third kappa shape index (κ3) is 64.4. The van der Waals surface area contributed by atoms with Gasteiger partial charge in [0.15, 0.2) is 6.10 Å². The van der Waals surface area contributed by atoms with Gasteiger partial charge < -0.3 is 14.6 Å². The molecule has 0 aromatic rings. The van der Waals surface area contributed by atoms with Crippen LogP contribution in [0.15, 0.2) is 48.6 Å². The van der Waals surface area contributed by atoms with Gasteiger partial charge in [0.25, 0.3) is 0 Å². The van der Waals surface area contributed by atoms with Gasteiger partial charge in [-0.25, -0.2) is 0 Å². The van der Waals surface area contributed by atoms with Crippen LogP contribution >= 0.6 is 0 Å². The monoisotopic (exact) mass is 1070 g/mol. The second kappa shape index (κ2) is 67.1. The molecule has 76 heavy (non-hydrogen) atoms.